The van der Waals surface area contributed by atoms with E-state index in [-0.39, 0.29) is 37.0 Å². The molecule has 0 aromatic heterocycles. The summed E-state index contributed by atoms with van der Waals surface area (Å²) in [5.41, 5.74) is 0. The topological polar surface area (TPSA) is 94.9 Å². The zero-order valence-corrected chi connectivity index (χ0v) is 9.98. The fraction of sp³-hybridized carbons (Fsp3) is 0.889. The molecule has 0 aliphatic carbocycles. The summed E-state index contributed by atoms with van der Waals surface area (Å²) in [7, 11) is -3.28. The van der Waals surface area contributed by atoms with Crippen molar-refractivity contribution in [1.82, 2.24) is 4.90 Å². The van der Waals surface area contributed by atoms with Crippen LogP contribution in [0.15, 0.2) is 0 Å². The number of sulfone groups is 1. The SMILES string of the molecule is CCC(=O)N(CCO)C1CS(=O)(=O)CC1O. The van der Waals surface area contributed by atoms with Gasteiger partial charge in [0.1, 0.15) is 0 Å². The molecule has 1 aliphatic heterocycles. The first-order chi connectivity index (χ1) is 7.41. The van der Waals surface area contributed by atoms with Gasteiger partial charge in [-0.15, -0.1) is 0 Å². The molecule has 94 valence electrons. The molecule has 6 nitrogen and oxygen atoms in total. The second-order valence-corrected chi connectivity index (χ2v) is 6.03. The Kier molecular flexibility index (Phi) is 4.28. The average molecular weight is 251 g/mol. The Balaban J connectivity index is 2.83. The summed E-state index contributed by atoms with van der Waals surface area (Å²) in [4.78, 5) is 12.8. The molecule has 2 N–H and O–H groups in total. The van der Waals surface area contributed by atoms with Crippen molar-refractivity contribution in [3.05, 3.63) is 0 Å². The Hall–Kier alpha value is -0.660. The summed E-state index contributed by atoms with van der Waals surface area (Å²) in [6.45, 7) is 1.47. The molecular weight excluding hydrogens is 234 g/mol. The second kappa shape index (κ2) is 5.11. The second-order valence-electron chi connectivity index (χ2n) is 3.88. The first-order valence-electron chi connectivity index (χ1n) is 5.20. The summed E-state index contributed by atoms with van der Waals surface area (Å²) in [6, 6.07) is -0.718. The summed E-state index contributed by atoms with van der Waals surface area (Å²) in [6.07, 6.45) is -0.824. The third-order valence-corrected chi connectivity index (χ3v) is 4.36. The maximum atomic E-state index is 11.6. The molecule has 0 bridgehead atoms. The highest BCUT2D eigenvalue weighted by atomic mass is 32.2. The zero-order chi connectivity index (χ0) is 12.3. The largest absolute Gasteiger partial charge is 0.395 e. The third kappa shape index (κ3) is 2.93. The van der Waals surface area contributed by atoms with Gasteiger partial charge in [-0.05, 0) is 0 Å². The molecule has 0 aromatic rings. The highest BCUT2D eigenvalue weighted by Gasteiger charge is 2.41. The number of aliphatic hydroxyl groups excluding tert-OH is 2. The van der Waals surface area contributed by atoms with E-state index >= 15 is 0 Å². The summed E-state index contributed by atoms with van der Waals surface area (Å²) in [5, 5.41) is 18.4. The van der Waals surface area contributed by atoms with Gasteiger partial charge < -0.3 is 15.1 Å². The van der Waals surface area contributed by atoms with Crippen molar-refractivity contribution < 1.29 is 23.4 Å². The molecule has 1 saturated heterocycles. The minimum absolute atomic E-state index is 0.0594. The van der Waals surface area contributed by atoms with Gasteiger partial charge in [0.15, 0.2) is 9.84 Å². The molecule has 1 heterocycles. The predicted molar refractivity (Wildman–Crippen MR) is 57.5 cm³/mol. The molecule has 0 radical (unpaired) electrons. The van der Waals surface area contributed by atoms with Crippen LogP contribution < -0.4 is 0 Å². The fourth-order valence-electron chi connectivity index (χ4n) is 1.89. The van der Waals surface area contributed by atoms with Crippen LogP contribution in [0.25, 0.3) is 0 Å². The van der Waals surface area contributed by atoms with Gasteiger partial charge in [0.2, 0.25) is 5.91 Å². The van der Waals surface area contributed by atoms with Crippen LogP contribution in [0.2, 0.25) is 0 Å². The van der Waals surface area contributed by atoms with E-state index < -0.39 is 22.0 Å². The molecule has 16 heavy (non-hydrogen) atoms. The Morgan fingerprint density at radius 1 is 1.44 bits per heavy atom. The molecular formula is C9H17NO5S. The van der Waals surface area contributed by atoms with E-state index in [0.29, 0.717) is 0 Å². The number of hydrogen-bond donors (Lipinski definition) is 2. The van der Waals surface area contributed by atoms with E-state index in [1.807, 2.05) is 0 Å². The molecule has 2 atom stereocenters. The van der Waals surface area contributed by atoms with Crippen molar-refractivity contribution in [2.45, 2.75) is 25.5 Å². The Morgan fingerprint density at radius 3 is 2.44 bits per heavy atom. The van der Waals surface area contributed by atoms with Crippen molar-refractivity contribution in [3.63, 3.8) is 0 Å². The number of rotatable bonds is 4. The van der Waals surface area contributed by atoms with E-state index in [1.165, 1.54) is 4.90 Å². The monoisotopic (exact) mass is 251 g/mol. The van der Waals surface area contributed by atoms with E-state index in [4.69, 9.17) is 5.11 Å². The predicted octanol–water partition coefficient (Wildman–Crippen LogP) is -1.62. The first kappa shape index (κ1) is 13.4. The van der Waals surface area contributed by atoms with Crippen molar-refractivity contribution >= 4 is 15.7 Å². The fourth-order valence-corrected chi connectivity index (χ4v) is 3.70. The van der Waals surface area contributed by atoms with Gasteiger partial charge in [-0.1, -0.05) is 6.92 Å². The highest BCUT2D eigenvalue weighted by Crippen LogP contribution is 2.19. The molecule has 0 saturated carbocycles. The van der Waals surface area contributed by atoms with E-state index in [0.717, 1.165) is 0 Å². The van der Waals surface area contributed by atoms with Gasteiger partial charge in [0, 0.05) is 13.0 Å². The van der Waals surface area contributed by atoms with Crippen LogP contribution in [0.1, 0.15) is 13.3 Å². The Labute approximate surface area is 94.8 Å². The van der Waals surface area contributed by atoms with Gasteiger partial charge in [-0.25, -0.2) is 8.42 Å². The molecule has 1 amide bonds. The summed E-state index contributed by atoms with van der Waals surface area (Å²) >= 11 is 0. The molecule has 1 rings (SSSR count). The van der Waals surface area contributed by atoms with Crippen LogP contribution in [-0.4, -0.2) is 66.2 Å². The lowest BCUT2D eigenvalue weighted by Crippen LogP contribution is -2.47. The molecule has 0 aromatic carbocycles. The number of carbonyl (C=O) groups is 1. The normalized spacial score (nSPS) is 27.9. The van der Waals surface area contributed by atoms with Crippen LogP contribution in [0.4, 0.5) is 0 Å². The number of carbonyl (C=O) groups excluding carboxylic acids is 1. The molecule has 7 heteroatoms. The van der Waals surface area contributed by atoms with E-state index in [2.05, 4.69) is 0 Å². The zero-order valence-electron chi connectivity index (χ0n) is 9.16. The van der Waals surface area contributed by atoms with Crippen LogP contribution in [0, 0.1) is 0 Å². The Bertz CT molecular complexity index is 353. The maximum absolute atomic E-state index is 11.6. The van der Waals surface area contributed by atoms with Crippen LogP contribution in [-0.2, 0) is 14.6 Å². The number of hydrogen-bond acceptors (Lipinski definition) is 5. The van der Waals surface area contributed by atoms with Gasteiger partial charge in [0.25, 0.3) is 0 Å². The Morgan fingerprint density at radius 2 is 2.06 bits per heavy atom. The van der Waals surface area contributed by atoms with Crippen molar-refractivity contribution in [1.29, 1.82) is 0 Å². The molecule has 2 unspecified atom stereocenters. The highest BCUT2D eigenvalue weighted by molar-refractivity contribution is 7.91. The standard InChI is InChI=1S/C9H17NO5S/c1-2-9(13)10(3-4-11)7-5-16(14,15)6-8(7)12/h7-8,11-12H,2-6H2,1H3. The van der Waals surface area contributed by atoms with Gasteiger partial charge in [-0.3, -0.25) is 4.79 Å². The quantitative estimate of drug-likeness (QED) is 0.626. The lowest BCUT2D eigenvalue weighted by atomic mass is 10.1. The third-order valence-electron chi connectivity index (χ3n) is 2.66. The summed E-state index contributed by atoms with van der Waals surface area (Å²) < 4.78 is 22.6. The van der Waals surface area contributed by atoms with E-state index in [1.54, 1.807) is 6.92 Å². The van der Waals surface area contributed by atoms with Gasteiger partial charge in [0.05, 0.1) is 30.3 Å². The van der Waals surface area contributed by atoms with Crippen molar-refractivity contribution in [2.75, 3.05) is 24.7 Å². The number of nitrogens with zero attached hydrogens (tertiary/aromatic N) is 1. The average Bonchev–Trinajstić information content (AvgIpc) is 2.47. The number of amides is 1. The molecule has 0 spiro atoms. The summed E-state index contributed by atoms with van der Waals surface area (Å²) in [5.74, 6) is -0.786. The van der Waals surface area contributed by atoms with Crippen LogP contribution in [0.3, 0.4) is 0 Å². The maximum Gasteiger partial charge on any atom is 0.222 e. The molecule has 1 fully saturated rings. The van der Waals surface area contributed by atoms with Crippen molar-refractivity contribution in [3.8, 4) is 0 Å². The smallest absolute Gasteiger partial charge is 0.222 e. The van der Waals surface area contributed by atoms with Gasteiger partial charge >= 0.3 is 0 Å². The lowest BCUT2D eigenvalue weighted by Gasteiger charge is -2.29. The van der Waals surface area contributed by atoms with Gasteiger partial charge in [-0.2, -0.15) is 0 Å². The van der Waals surface area contributed by atoms with Crippen molar-refractivity contribution in [2.24, 2.45) is 0 Å². The van der Waals surface area contributed by atoms with Crippen LogP contribution >= 0.6 is 0 Å². The minimum atomic E-state index is -3.28. The minimum Gasteiger partial charge on any atom is -0.395 e. The number of aliphatic hydroxyl groups is 2. The lowest BCUT2D eigenvalue weighted by molar-refractivity contribution is -0.135. The first-order valence-corrected chi connectivity index (χ1v) is 7.02. The van der Waals surface area contributed by atoms with E-state index in [9.17, 15) is 18.3 Å². The van der Waals surface area contributed by atoms with Crippen LogP contribution in [0.5, 0.6) is 0 Å². The molecule has 1 aliphatic rings.